The van der Waals surface area contributed by atoms with Crippen LogP contribution in [-0.2, 0) is 14.3 Å². The van der Waals surface area contributed by atoms with Crippen LogP contribution in [0.15, 0.2) is 12.2 Å². The molecule has 0 radical (unpaired) electrons. The van der Waals surface area contributed by atoms with Crippen molar-refractivity contribution in [2.24, 2.45) is 0 Å². The molecule has 7 unspecified atom stereocenters. The fourth-order valence-corrected chi connectivity index (χ4v) is 10.9. The number of hydrogen-bond acceptors (Lipinski definition) is 8. The SMILES string of the molecule is CCCCCCCCCCCCCCCCCCCC/C=C/C(O)C(COC1OC(CO)C(O)C(O)C1O)NC(=O)CCCCCCCCCCCCCCCCCCCCCCCCCCCCCCCCC. The fraction of sp³-hybridized carbons (Fsp3) is 0.954. The van der Waals surface area contributed by atoms with E-state index in [1.165, 1.54) is 283 Å². The van der Waals surface area contributed by atoms with Crippen LogP contribution in [0.3, 0.4) is 0 Å². The molecule has 440 valence electrons. The first kappa shape index (κ1) is 70.9. The largest absolute Gasteiger partial charge is 0.394 e. The lowest BCUT2D eigenvalue weighted by molar-refractivity contribution is -0.302. The van der Waals surface area contributed by atoms with Gasteiger partial charge < -0.3 is 40.3 Å². The number of allylic oxidation sites excluding steroid dienone is 1. The minimum absolute atomic E-state index is 0.168. The Morgan fingerprint density at radius 3 is 1.05 bits per heavy atom. The van der Waals surface area contributed by atoms with Gasteiger partial charge in [-0.1, -0.05) is 328 Å². The molecule has 6 N–H and O–H groups in total. The minimum atomic E-state index is -1.56. The number of rotatable bonds is 58. The lowest BCUT2D eigenvalue weighted by Gasteiger charge is -2.40. The first-order chi connectivity index (χ1) is 36.3. The maximum Gasteiger partial charge on any atom is 0.220 e. The van der Waals surface area contributed by atoms with E-state index in [-0.39, 0.29) is 12.5 Å². The second kappa shape index (κ2) is 55.3. The standard InChI is InChI=1S/C65H127NO8/c1-3-5-7-9-11-13-15-17-19-21-23-25-26-27-28-29-30-31-32-33-34-35-37-39-41-43-45-47-49-51-53-55-61(69)66-58(57-73-65-64(72)63(71)62(70)60(56-67)74-65)59(68)54-52-50-48-46-44-42-40-38-36-24-22-20-18-16-14-12-10-8-6-4-2/h52,54,58-60,62-65,67-68,70-72H,3-51,53,55-57H2,1-2H3,(H,66,69)/b54-52+. The first-order valence-electron chi connectivity index (χ1n) is 32.9. The number of ether oxygens (including phenoxy) is 2. The van der Waals surface area contributed by atoms with Crippen molar-refractivity contribution in [1.29, 1.82) is 0 Å². The molecule has 1 rings (SSSR count). The van der Waals surface area contributed by atoms with E-state index >= 15 is 0 Å². The predicted molar refractivity (Wildman–Crippen MR) is 314 cm³/mol. The van der Waals surface area contributed by atoms with Crippen molar-refractivity contribution >= 4 is 5.91 Å². The van der Waals surface area contributed by atoms with E-state index in [9.17, 15) is 30.3 Å². The molecular formula is C65H127NO8. The molecule has 0 saturated carbocycles. The van der Waals surface area contributed by atoms with Crippen LogP contribution in [0.4, 0.5) is 0 Å². The van der Waals surface area contributed by atoms with Gasteiger partial charge in [-0.05, 0) is 19.3 Å². The Bertz CT molecular complexity index is 1170. The zero-order chi connectivity index (χ0) is 53.6. The Morgan fingerprint density at radius 1 is 0.446 bits per heavy atom. The van der Waals surface area contributed by atoms with Gasteiger partial charge >= 0.3 is 0 Å². The summed E-state index contributed by atoms with van der Waals surface area (Å²) in [7, 11) is 0. The lowest BCUT2D eigenvalue weighted by atomic mass is 9.99. The number of carbonyl (C=O) groups is 1. The summed E-state index contributed by atoms with van der Waals surface area (Å²) in [6, 6.07) is -0.801. The quantitative estimate of drug-likeness (QED) is 0.0261. The van der Waals surface area contributed by atoms with E-state index in [0.717, 1.165) is 38.5 Å². The molecule has 7 atom stereocenters. The number of nitrogens with one attached hydrogen (secondary N) is 1. The minimum Gasteiger partial charge on any atom is -0.394 e. The highest BCUT2D eigenvalue weighted by molar-refractivity contribution is 5.76. The van der Waals surface area contributed by atoms with Crippen molar-refractivity contribution in [3.63, 3.8) is 0 Å². The highest BCUT2D eigenvalue weighted by Crippen LogP contribution is 2.23. The summed E-state index contributed by atoms with van der Waals surface area (Å²) in [6.07, 6.45) is 63.1. The molecular weight excluding hydrogens is 923 g/mol. The van der Waals surface area contributed by atoms with Gasteiger partial charge in [-0.15, -0.1) is 0 Å². The zero-order valence-electron chi connectivity index (χ0n) is 49.1. The normalized spacial score (nSPS) is 18.9. The van der Waals surface area contributed by atoms with Crippen LogP contribution in [0.5, 0.6) is 0 Å². The molecule has 0 spiro atoms. The number of carbonyl (C=O) groups excluding carboxylic acids is 1. The second-order valence-corrected chi connectivity index (χ2v) is 23.3. The van der Waals surface area contributed by atoms with E-state index < -0.39 is 49.5 Å². The van der Waals surface area contributed by atoms with E-state index in [4.69, 9.17) is 9.47 Å². The van der Waals surface area contributed by atoms with Crippen molar-refractivity contribution in [3.8, 4) is 0 Å². The van der Waals surface area contributed by atoms with Gasteiger partial charge in [0, 0.05) is 6.42 Å². The van der Waals surface area contributed by atoms with Gasteiger partial charge in [0.1, 0.15) is 24.4 Å². The summed E-state index contributed by atoms with van der Waals surface area (Å²) in [6.45, 7) is 3.84. The summed E-state index contributed by atoms with van der Waals surface area (Å²) < 4.78 is 11.3. The molecule has 0 aliphatic carbocycles. The third kappa shape index (κ3) is 43.9. The van der Waals surface area contributed by atoms with Gasteiger partial charge in [-0.25, -0.2) is 0 Å². The van der Waals surface area contributed by atoms with Crippen LogP contribution in [0.2, 0.25) is 0 Å². The smallest absolute Gasteiger partial charge is 0.220 e. The van der Waals surface area contributed by atoms with Gasteiger partial charge in [0.05, 0.1) is 25.4 Å². The molecule has 74 heavy (non-hydrogen) atoms. The van der Waals surface area contributed by atoms with E-state index in [1.54, 1.807) is 6.08 Å². The molecule has 1 saturated heterocycles. The van der Waals surface area contributed by atoms with Gasteiger partial charge in [0.15, 0.2) is 6.29 Å². The monoisotopic (exact) mass is 1050 g/mol. The molecule has 0 aromatic heterocycles. The van der Waals surface area contributed by atoms with E-state index in [0.29, 0.717) is 6.42 Å². The highest BCUT2D eigenvalue weighted by Gasteiger charge is 2.44. The second-order valence-electron chi connectivity index (χ2n) is 23.3. The summed E-state index contributed by atoms with van der Waals surface area (Å²) in [4.78, 5) is 13.1. The predicted octanol–water partition coefficient (Wildman–Crippen LogP) is 17.1. The van der Waals surface area contributed by atoms with E-state index in [2.05, 4.69) is 19.2 Å². The highest BCUT2D eigenvalue weighted by atomic mass is 16.7. The van der Waals surface area contributed by atoms with Crippen LogP contribution >= 0.6 is 0 Å². The number of amides is 1. The average molecular weight is 1050 g/mol. The van der Waals surface area contributed by atoms with Crippen LogP contribution < -0.4 is 5.32 Å². The van der Waals surface area contributed by atoms with Gasteiger partial charge in [-0.2, -0.15) is 0 Å². The summed E-state index contributed by atoms with van der Waals surface area (Å²) >= 11 is 0. The molecule has 1 amide bonds. The average Bonchev–Trinajstić information content (AvgIpc) is 3.40. The van der Waals surface area contributed by atoms with Crippen LogP contribution in [0.25, 0.3) is 0 Å². The maximum absolute atomic E-state index is 13.1. The Balaban J connectivity index is 2.12. The van der Waals surface area contributed by atoms with Gasteiger partial charge in [0.25, 0.3) is 0 Å². The third-order valence-corrected chi connectivity index (χ3v) is 16.1. The molecule has 1 heterocycles. The molecule has 1 aliphatic heterocycles. The Labute approximate surface area is 458 Å². The number of hydrogen-bond donors (Lipinski definition) is 6. The topological polar surface area (TPSA) is 149 Å². The van der Waals surface area contributed by atoms with Crippen molar-refractivity contribution in [2.75, 3.05) is 13.2 Å². The van der Waals surface area contributed by atoms with Crippen LogP contribution in [0, 0.1) is 0 Å². The molecule has 1 fully saturated rings. The number of aliphatic hydroxyl groups is 5. The molecule has 0 aromatic rings. The fourth-order valence-electron chi connectivity index (χ4n) is 10.9. The van der Waals surface area contributed by atoms with Crippen molar-refractivity contribution in [2.45, 2.75) is 384 Å². The van der Waals surface area contributed by atoms with Crippen LogP contribution in [0.1, 0.15) is 341 Å². The number of aliphatic hydroxyl groups excluding tert-OH is 5. The first-order valence-corrected chi connectivity index (χ1v) is 32.9. The zero-order valence-corrected chi connectivity index (χ0v) is 49.1. The summed E-state index contributed by atoms with van der Waals surface area (Å²) in [5.74, 6) is -0.168. The summed E-state index contributed by atoms with van der Waals surface area (Å²) in [5.41, 5.74) is 0. The molecule has 0 aromatic carbocycles. The molecule has 9 heteroatoms. The Kier molecular flexibility index (Phi) is 53.0. The molecule has 0 bridgehead atoms. The van der Waals surface area contributed by atoms with Gasteiger partial charge in [-0.3, -0.25) is 4.79 Å². The Hall–Kier alpha value is -1.07. The van der Waals surface area contributed by atoms with Crippen molar-refractivity contribution in [3.05, 3.63) is 12.2 Å². The van der Waals surface area contributed by atoms with Crippen molar-refractivity contribution in [1.82, 2.24) is 5.32 Å². The van der Waals surface area contributed by atoms with Crippen LogP contribution in [-0.4, -0.2) is 87.5 Å². The summed E-state index contributed by atoms with van der Waals surface area (Å²) in [5, 5.41) is 54.7. The molecule has 9 nitrogen and oxygen atoms in total. The van der Waals surface area contributed by atoms with E-state index in [1.807, 2.05) is 6.08 Å². The lowest BCUT2D eigenvalue weighted by Crippen LogP contribution is -2.60. The third-order valence-electron chi connectivity index (χ3n) is 16.1. The maximum atomic E-state index is 13.1. The Morgan fingerprint density at radius 2 is 0.743 bits per heavy atom. The number of unbranched alkanes of at least 4 members (excludes halogenated alkanes) is 48. The molecule has 1 aliphatic rings. The van der Waals surface area contributed by atoms with Gasteiger partial charge in [0.2, 0.25) is 5.91 Å². The van der Waals surface area contributed by atoms with Crippen molar-refractivity contribution < 1.29 is 39.8 Å².